The van der Waals surface area contributed by atoms with E-state index in [0.717, 1.165) is 34.2 Å². The van der Waals surface area contributed by atoms with Crippen LogP contribution in [-0.2, 0) is 0 Å². The van der Waals surface area contributed by atoms with Crippen LogP contribution in [0.1, 0.15) is 22.5 Å². The van der Waals surface area contributed by atoms with Crippen LogP contribution < -0.4 is 4.74 Å². The Labute approximate surface area is 148 Å². The van der Waals surface area contributed by atoms with Gasteiger partial charge in [-0.15, -0.1) is 16.4 Å². The summed E-state index contributed by atoms with van der Waals surface area (Å²) < 4.78 is 5.14. The number of carbonyl (C=O) groups is 1. The number of ketones is 1. The van der Waals surface area contributed by atoms with Gasteiger partial charge in [0.25, 0.3) is 0 Å². The van der Waals surface area contributed by atoms with Crippen LogP contribution in [0.2, 0.25) is 0 Å². The first-order valence-electron chi connectivity index (χ1n) is 7.52. The van der Waals surface area contributed by atoms with Crippen LogP contribution in [0.4, 0.5) is 0 Å². The number of rotatable bonds is 8. The number of nitrogens with one attached hydrogen (secondary N) is 1. The highest BCUT2D eigenvalue weighted by Gasteiger charge is 2.09. The van der Waals surface area contributed by atoms with Gasteiger partial charge in [-0.2, -0.15) is 0 Å². The molecule has 3 aromatic rings. The summed E-state index contributed by atoms with van der Waals surface area (Å²) in [7, 11) is 1.64. The first-order chi connectivity index (χ1) is 11.8. The molecule has 0 radical (unpaired) electrons. The van der Waals surface area contributed by atoms with Crippen molar-refractivity contribution < 1.29 is 9.53 Å². The Morgan fingerprint density at radius 3 is 2.83 bits per heavy atom. The summed E-state index contributed by atoms with van der Waals surface area (Å²) in [5.74, 6) is 2.56. The second kappa shape index (κ2) is 8.12. The van der Waals surface area contributed by atoms with Crippen LogP contribution in [-0.4, -0.2) is 33.8 Å². The van der Waals surface area contributed by atoms with Crippen LogP contribution in [0.15, 0.2) is 46.9 Å². The van der Waals surface area contributed by atoms with E-state index in [1.807, 2.05) is 41.8 Å². The summed E-state index contributed by atoms with van der Waals surface area (Å²) >= 11 is 3.05. The van der Waals surface area contributed by atoms with Crippen molar-refractivity contribution in [2.45, 2.75) is 18.0 Å². The van der Waals surface area contributed by atoms with Gasteiger partial charge in [-0.05, 0) is 42.1 Å². The molecule has 0 atom stereocenters. The number of aromatic nitrogens is 3. The van der Waals surface area contributed by atoms with Crippen molar-refractivity contribution in [1.82, 2.24) is 15.2 Å². The molecule has 0 saturated heterocycles. The van der Waals surface area contributed by atoms with E-state index in [-0.39, 0.29) is 5.78 Å². The van der Waals surface area contributed by atoms with Crippen LogP contribution in [0.3, 0.4) is 0 Å². The number of methoxy groups -OCH3 is 1. The number of thiophene rings is 1. The standard InChI is InChI=1S/C17H17N3O2S2/c1-22-13-8-6-12(7-9-13)16-18-17(20-19-16)24-11-2-4-14(21)15-5-3-10-23-15/h3,5-10H,2,4,11H2,1H3,(H,18,19,20). The van der Waals surface area contributed by atoms with Crippen molar-refractivity contribution >= 4 is 28.9 Å². The smallest absolute Gasteiger partial charge is 0.208 e. The van der Waals surface area contributed by atoms with Crippen molar-refractivity contribution in [2.75, 3.05) is 12.9 Å². The largest absolute Gasteiger partial charge is 0.497 e. The molecule has 2 heterocycles. The lowest BCUT2D eigenvalue weighted by Crippen LogP contribution is -1.96. The number of thioether (sulfide) groups is 1. The predicted octanol–water partition coefficient (Wildman–Crippen LogP) is 4.30. The third kappa shape index (κ3) is 4.24. The number of carbonyl (C=O) groups excluding carboxylic acids is 1. The minimum Gasteiger partial charge on any atom is -0.497 e. The Balaban J connectivity index is 1.48. The zero-order valence-corrected chi connectivity index (χ0v) is 14.8. The summed E-state index contributed by atoms with van der Waals surface area (Å²) in [5.41, 5.74) is 0.961. The second-order valence-electron chi connectivity index (χ2n) is 5.05. The lowest BCUT2D eigenvalue weighted by Gasteiger charge is -2.00. The van der Waals surface area contributed by atoms with E-state index in [1.165, 1.54) is 11.3 Å². The normalized spacial score (nSPS) is 10.7. The molecule has 7 heteroatoms. The molecule has 0 fully saturated rings. The number of nitrogens with zero attached hydrogens (tertiary/aromatic N) is 2. The highest BCUT2D eigenvalue weighted by molar-refractivity contribution is 7.99. The molecule has 0 amide bonds. The number of aromatic amines is 1. The van der Waals surface area contributed by atoms with E-state index < -0.39 is 0 Å². The fraction of sp³-hybridized carbons (Fsp3) is 0.235. The average Bonchev–Trinajstić information content (AvgIpc) is 3.30. The fourth-order valence-electron chi connectivity index (χ4n) is 2.15. The van der Waals surface area contributed by atoms with Crippen molar-refractivity contribution in [2.24, 2.45) is 0 Å². The summed E-state index contributed by atoms with van der Waals surface area (Å²) in [6.07, 6.45) is 1.37. The lowest BCUT2D eigenvalue weighted by molar-refractivity contribution is 0.0986. The molecular weight excluding hydrogens is 342 g/mol. The highest BCUT2D eigenvalue weighted by atomic mass is 32.2. The van der Waals surface area contributed by atoms with Gasteiger partial charge in [0.2, 0.25) is 5.16 Å². The van der Waals surface area contributed by atoms with E-state index in [2.05, 4.69) is 15.2 Å². The maximum absolute atomic E-state index is 11.9. The lowest BCUT2D eigenvalue weighted by atomic mass is 10.2. The second-order valence-corrected chi connectivity index (χ2v) is 7.06. The van der Waals surface area contributed by atoms with E-state index in [1.54, 1.807) is 18.9 Å². The third-order valence-electron chi connectivity index (χ3n) is 3.40. The van der Waals surface area contributed by atoms with Gasteiger partial charge in [-0.3, -0.25) is 9.89 Å². The van der Waals surface area contributed by atoms with Gasteiger partial charge in [-0.25, -0.2) is 4.98 Å². The first-order valence-corrected chi connectivity index (χ1v) is 9.39. The Kier molecular flexibility index (Phi) is 5.66. The van der Waals surface area contributed by atoms with Crippen molar-refractivity contribution in [3.05, 3.63) is 46.7 Å². The molecule has 1 N–H and O–H groups in total. The van der Waals surface area contributed by atoms with Gasteiger partial charge in [-0.1, -0.05) is 17.8 Å². The Bertz CT molecular complexity index is 783. The molecule has 5 nitrogen and oxygen atoms in total. The van der Waals surface area contributed by atoms with Crippen LogP contribution in [0.25, 0.3) is 11.4 Å². The van der Waals surface area contributed by atoms with Gasteiger partial charge in [0.05, 0.1) is 12.0 Å². The monoisotopic (exact) mass is 359 g/mol. The van der Waals surface area contributed by atoms with Crippen LogP contribution >= 0.6 is 23.1 Å². The summed E-state index contributed by atoms with van der Waals surface area (Å²) in [6.45, 7) is 0. The number of H-pyrrole nitrogens is 1. The Hall–Kier alpha value is -2.12. The SMILES string of the molecule is COc1ccc(-c2nc(SCCCC(=O)c3cccs3)n[nH]2)cc1. The zero-order valence-electron chi connectivity index (χ0n) is 13.2. The van der Waals surface area contributed by atoms with Gasteiger partial charge in [0.15, 0.2) is 11.6 Å². The Morgan fingerprint density at radius 2 is 2.12 bits per heavy atom. The molecule has 0 spiro atoms. The van der Waals surface area contributed by atoms with Crippen LogP contribution in [0.5, 0.6) is 5.75 Å². The molecule has 0 aliphatic rings. The van der Waals surface area contributed by atoms with Gasteiger partial charge in [0, 0.05) is 17.7 Å². The molecule has 3 rings (SSSR count). The summed E-state index contributed by atoms with van der Waals surface area (Å²) in [5, 5.41) is 9.78. The average molecular weight is 359 g/mol. The number of Topliss-reactive ketones (excluding diaryl/α,β-unsaturated/α-hetero) is 1. The van der Waals surface area contributed by atoms with E-state index >= 15 is 0 Å². The molecule has 0 bridgehead atoms. The molecule has 2 aromatic heterocycles. The van der Waals surface area contributed by atoms with Gasteiger partial charge >= 0.3 is 0 Å². The maximum atomic E-state index is 11.9. The molecule has 124 valence electrons. The molecule has 1 aromatic carbocycles. The number of benzene rings is 1. The molecule has 0 unspecified atom stereocenters. The van der Waals surface area contributed by atoms with E-state index in [4.69, 9.17) is 4.74 Å². The van der Waals surface area contributed by atoms with E-state index in [0.29, 0.717) is 11.6 Å². The molecule has 24 heavy (non-hydrogen) atoms. The minimum absolute atomic E-state index is 0.208. The molecule has 0 aliphatic carbocycles. The van der Waals surface area contributed by atoms with E-state index in [9.17, 15) is 4.79 Å². The minimum atomic E-state index is 0.208. The van der Waals surface area contributed by atoms with Gasteiger partial charge in [0.1, 0.15) is 5.75 Å². The number of hydrogen-bond acceptors (Lipinski definition) is 6. The zero-order chi connectivity index (χ0) is 16.8. The topological polar surface area (TPSA) is 67.9 Å². The third-order valence-corrected chi connectivity index (χ3v) is 5.25. The van der Waals surface area contributed by atoms with Crippen molar-refractivity contribution in [3.8, 4) is 17.1 Å². The predicted molar refractivity (Wildman–Crippen MR) is 97.0 cm³/mol. The number of hydrogen-bond donors (Lipinski definition) is 1. The van der Waals surface area contributed by atoms with Crippen molar-refractivity contribution in [1.29, 1.82) is 0 Å². The Morgan fingerprint density at radius 1 is 1.29 bits per heavy atom. The summed E-state index contributed by atoms with van der Waals surface area (Å²) in [6, 6.07) is 11.4. The molecular formula is C17H17N3O2S2. The highest BCUT2D eigenvalue weighted by Crippen LogP contribution is 2.22. The first kappa shape index (κ1) is 16.7. The number of ether oxygens (including phenoxy) is 1. The maximum Gasteiger partial charge on any atom is 0.208 e. The molecule has 0 saturated carbocycles. The quantitative estimate of drug-likeness (QED) is 0.369. The van der Waals surface area contributed by atoms with Crippen LogP contribution in [0, 0.1) is 0 Å². The molecule has 0 aliphatic heterocycles. The fourth-order valence-corrected chi connectivity index (χ4v) is 3.58. The van der Waals surface area contributed by atoms with Gasteiger partial charge < -0.3 is 4.74 Å². The summed E-state index contributed by atoms with van der Waals surface area (Å²) in [4.78, 5) is 17.2. The van der Waals surface area contributed by atoms with Crippen molar-refractivity contribution in [3.63, 3.8) is 0 Å².